The Balaban J connectivity index is 2.00. The Bertz CT molecular complexity index is 132. The zero-order valence-electron chi connectivity index (χ0n) is 9.76. The van der Waals surface area contributed by atoms with E-state index < -0.39 is 0 Å². The van der Waals surface area contributed by atoms with Crippen LogP contribution in [-0.2, 0) is 0 Å². The Morgan fingerprint density at radius 1 is 1.21 bits per heavy atom. The second-order valence-electron chi connectivity index (χ2n) is 4.25. The average Bonchev–Trinajstić information content (AvgIpc) is 2.25. The van der Waals surface area contributed by atoms with Crippen molar-refractivity contribution in [3.63, 3.8) is 0 Å². The van der Waals surface area contributed by atoms with Gasteiger partial charge in [0.05, 0.1) is 0 Å². The van der Waals surface area contributed by atoms with Crippen LogP contribution in [0.15, 0.2) is 0 Å². The van der Waals surface area contributed by atoms with E-state index in [4.69, 9.17) is 0 Å². The van der Waals surface area contributed by atoms with Gasteiger partial charge in [-0.25, -0.2) is 0 Å². The third-order valence-electron chi connectivity index (χ3n) is 2.90. The summed E-state index contributed by atoms with van der Waals surface area (Å²) >= 11 is 0. The molecule has 0 radical (unpaired) electrons. The van der Waals surface area contributed by atoms with E-state index in [1.165, 1.54) is 58.7 Å². The molecular weight excluding hydrogens is 174 g/mol. The van der Waals surface area contributed by atoms with Gasteiger partial charge < -0.3 is 10.2 Å². The van der Waals surface area contributed by atoms with E-state index in [9.17, 15) is 0 Å². The fourth-order valence-corrected chi connectivity index (χ4v) is 1.79. The smallest absolute Gasteiger partial charge is 0.0110 e. The van der Waals surface area contributed by atoms with Gasteiger partial charge in [0, 0.05) is 39.3 Å². The van der Waals surface area contributed by atoms with Crippen LogP contribution in [0.1, 0.15) is 19.8 Å². The highest BCUT2D eigenvalue weighted by Gasteiger charge is 2.09. The molecule has 1 fully saturated rings. The molecule has 0 aromatic heterocycles. The van der Waals surface area contributed by atoms with Crippen LogP contribution in [0, 0.1) is 0 Å². The SMILES string of the molecule is CCCCN(C)CCN1CCNCC1. The first-order chi connectivity index (χ1) is 6.83. The van der Waals surface area contributed by atoms with Gasteiger partial charge in [-0.1, -0.05) is 13.3 Å². The van der Waals surface area contributed by atoms with Crippen LogP contribution >= 0.6 is 0 Å². The van der Waals surface area contributed by atoms with E-state index in [1.807, 2.05) is 0 Å². The normalized spacial score (nSPS) is 19.1. The molecule has 1 saturated heterocycles. The van der Waals surface area contributed by atoms with E-state index in [0.717, 1.165) is 0 Å². The molecule has 1 heterocycles. The van der Waals surface area contributed by atoms with Gasteiger partial charge in [0.2, 0.25) is 0 Å². The Hall–Kier alpha value is -0.120. The first-order valence-corrected chi connectivity index (χ1v) is 5.94. The number of hydrogen-bond acceptors (Lipinski definition) is 3. The second kappa shape index (κ2) is 7.21. The van der Waals surface area contributed by atoms with Crippen LogP contribution in [0.4, 0.5) is 0 Å². The molecule has 1 N–H and O–H groups in total. The number of rotatable bonds is 6. The lowest BCUT2D eigenvalue weighted by atomic mass is 10.3. The fourth-order valence-electron chi connectivity index (χ4n) is 1.79. The molecule has 14 heavy (non-hydrogen) atoms. The van der Waals surface area contributed by atoms with E-state index in [0.29, 0.717) is 0 Å². The van der Waals surface area contributed by atoms with E-state index >= 15 is 0 Å². The number of nitrogens with one attached hydrogen (secondary N) is 1. The molecule has 0 saturated carbocycles. The molecular formula is C11H25N3. The molecule has 0 aromatic carbocycles. The maximum absolute atomic E-state index is 3.38. The standard InChI is InChI=1S/C11H25N3/c1-3-4-7-13(2)10-11-14-8-5-12-6-9-14/h12H,3-11H2,1-2H3. The Labute approximate surface area is 88.5 Å². The van der Waals surface area contributed by atoms with Crippen molar-refractivity contribution in [2.24, 2.45) is 0 Å². The monoisotopic (exact) mass is 199 g/mol. The van der Waals surface area contributed by atoms with Gasteiger partial charge in [-0.2, -0.15) is 0 Å². The zero-order chi connectivity index (χ0) is 10.2. The highest BCUT2D eigenvalue weighted by Crippen LogP contribution is 1.95. The summed E-state index contributed by atoms with van der Waals surface area (Å²) in [5.41, 5.74) is 0. The lowest BCUT2D eigenvalue weighted by molar-refractivity contribution is 0.204. The van der Waals surface area contributed by atoms with Crippen LogP contribution in [0.2, 0.25) is 0 Å². The summed E-state index contributed by atoms with van der Waals surface area (Å²) in [4.78, 5) is 5.00. The summed E-state index contributed by atoms with van der Waals surface area (Å²) in [6.07, 6.45) is 2.63. The highest BCUT2D eigenvalue weighted by atomic mass is 15.2. The van der Waals surface area contributed by atoms with Gasteiger partial charge in [-0.3, -0.25) is 4.90 Å². The van der Waals surface area contributed by atoms with Crippen LogP contribution in [0.3, 0.4) is 0 Å². The minimum atomic E-state index is 1.17. The third-order valence-corrected chi connectivity index (χ3v) is 2.90. The molecule has 0 aromatic rings. The number of likely N-dealkylation sites (N-methyl/N-ethyl adjacent to an activating group) is 1. The summed E-state index contributed by atoms with van der Waals surface area (Å²) in [6, 6.07) is 0. The van der Waals surface area contributed by atoms with Crippen LogP contribution in [-0.4, -0.2) is 62.7 Å². The van der Waals surface area contributed by atoms with Crippen molar-refractivity contribution >= 4 is 0 Å². The topological polar surface area (TPSA) is 18.5 Å². The molecule has 0 spiro atoms. The Morgan fingerprint density at radius 3 is 2.57 bits per heavy atom. The Kier molecular flexibility index (Phi) is 6.15. The Morgan fingerprint density at radius 2 is 1.93 bits per heavy atom. The van der Waals surface area contributed by atoms with Crippen LogP contribution in [0.5, 0.6) is 0 Å². The molecule has 0 atom stereocenters. The molecule has 1 rings (SSSR count). The fraction of sp³-hybridized carbons (Fsp3) is 1.00. The quantitative estimate of drug-likeness (QED) is 0.677. The average molecular weight is 199 g/mol. The van der Waals surface area contributed by atoms with Crippen LogP contribution < -0.4 is 5.32 Å². The summed E-state index contributed by atoms with van der Waals surface area (Å²) in [5.74, 6) is 0. The second-order valence-corrected chi connectivity index (χ2v) is 4.25. The van der Waals surface area contributed by atoms with Crippen molar-refractivity contribution in [3.8, 4) is 0 Å². The maximum Gasteiger partial charge on any atom is 0.0110 e. The van der Waals surface area contributed by atoms with Crippen molar-refractivity contribution < 1.29 is 0 Å². The highest BCUT2D eigenvalue weighted by molar-refractivity contribution is 4.68. The summed E-state index contributed by atoms with van der Waals surface area (Å²) in [5, 5.41) is 3.38. The number of hydrogen-bond donors (Lipinski definition) is 1. The molecule has 0 aliphatic carbocycles. The van der Waals surface area contributed by atoms with Gasteiger partial charge >= 0.3 is 0 Å². The van der Waals surface area contributed by atoms with Crippen molar-refractivity contribution in [2.75, 3.05) is 52.9 Å². The predicted molar refractivity (Wildman–Crippen MR) is 61.7 cm³/mol. The molecule has 1 aliphatic heterocycles. The van der Waals surface area contributed by atoms with Crippen molar-refractivity contribution in [1.82, 2.24) is 15.1 Å². The molecule has 0 unspecified atom stereocenters. The van der Waals surface area contributed by atoms with Crippen molar-refractivity contribution in [2.45, 2.75) is 19.8 Å². The van der Waals surface area contributed by atoms with Crippen LogP contribution in [0.25, 0.3) is 0 Å². The van der Waals surface area contributed by atoms with Gasteiger partial charge in [0.25, 0.3) is 0 Å². The molecule has 0 amide bonds. The predicted octanol–water partition coefficient (Wildman–Crippen LogP) is 0.624. The minimum Gasteiger partial charge on any atom is -0.314 e. The molecule has 0 bridgehead atoms. The van der Waals surface area contributed by atoms with Gasteiger partial charge in [0.1, 0.15) is 0 Å². The van der Waals surface area contributed by atoms with Gasteiger partial charge in [-0.15, -0.1) is 0 Å². The number of piperazine rings is 1. The largest absolute Gasteiger partial charge is 0.314 e. The maximum atomic E-state index is 3.38. The lowest BCUT2D eigenvalue weighted by Gasteiger charge is -2.29. The first-order valence-electron chi connectivity index (χ1n) is 5.94. The molecule has 1 aliphatic rings. The summed E-state index contributed by atoms with van der Waals surface area (Å²) in [7, 11) is 2.23. The van der Waals surface area contributed by atoms with E-state index in [2.05, 4.69) is 29.1 Å². The van der Waals surface area contributed by atoms with Gasteiger partial charge in [0.15, 0.2) is 0 Å². The third kappa shape index (κ3) is 4.94. The van der Waals surface area contributed by atoms with Gasteiger partial charge in [-0.05, 0) is 20.0 Å². The zero-order valence-corrected chi connectivity index (χ0v) is 9.76. The number of nitrogens with zero attached hydrogens (tertiary/aromatic N) is 2. The van der Waals surface area contributed by atoms with E-state index in [-0.39, 0.29) is 0 Å². The van der Waals surface area contributed by atoms with Crippen molar-refractivity contribution in [3.05, 3.63) is 0 Å². The molecule has 84 valence electrons. The summed E-state index contributed by atoms with van der Waals surface area (Å²) in [6.45, 7) is 10.7. The first kappa shape index (κ1) is 12.0. The summed E-state index contributed by atoms with van der Waals surface area (Å²) < 4.78 is 0. The van der Waals surface area contributed by atoms with E-state index in [1.54, 1.807) is 0 Å². The lowest BCUT2D eigenvalue weighted by Crippen LogP contribution is -2.46. The number of unbranched alkanes of at least 4 members (excludes halogenated alkanes) is 1. The minimum absolute atomic E-state index is 1.17. The molecule has 3 heteroatoms. The molecule has 3 nitrogen and oxygen atoms in total. The van der Waals surface area contributed by atoms with Crippen molar-refractivity contribution in [1.29, 1.82) is 0 Å².